The summed E-state index contributed by atoms with van der Waals surface area (Å²) in [5, 5.41) is 10.8. The maximum absolute atomic E-state index is 12.2. The van der Waals surface area contributed by atoms with Gasteiger partial charge in [-0.15, -0.1) is 5.10 Å². The molecule has 3 rings (SSSR count). The third-order valence-corrected chi connectivity index (χ3v) is 4.41. The standard InChI is InChI=1S/C13H21N5O2/c1-10-11(15-16-17(10)2)12(19)14-9-13(3-4-13)18-5-7-20-8-6-18/h3-9H2,1-2H3,(H,14,19). The normalized spacial score (nSPS) is 21.7. The van der Waals surface area contributed by atoms with E-state index in [0.717, 1.165) is 44.8 Å². The van der Waals surface area contributed by atoms with Crippen LogP contribution in [0.5, 0.6) is 0 Å². The second-order valence-corrected chi connectivity index (χ2v) is 5.65. The Morgan fingerprint density at radius 2 is 2.10 bits per heavy atom. The van der Waals surface area contributed by atoms with Crippen molar-refractivity contribution >= 4 is 5.91 Å². The molecule has 0 spiro atoms. The lowest BCUT2D eigenvalue weighted by Crippen LogP contribution is -2.50. The molecule has 1 aliphatic carbocycles. The number of hydrogen-bond donors (Lipinski definition) is 1. The van der Waals surface area contributed by atoms with Crippen LogP contribution in [0.3, 0.4) is 0 Å². The van der Waals surface area contributed by atoms with Crippen molar-refractivity contribution in [2.24, 2.45) is 7.05 Å². The van der Waals surface area contributed by atoms with Crippen LogP contribution in [-0.2, 0) is 11.8 Å². The van der Waals surface area contributed by atoms with Crippen LogP contribution in [0.2, 0.25) is 0 Å². The average Bonchev–Trinajstić information content (AvgIpc) is 3.20. The molecule has 0 aromatic carbocycles. The number of carbonyl (C=O) groups excluding carboxylic acids is 1. The SMILES string of the molecule is Cc1c(C(=O)NCC2(N3CCOCC3)CC2)nnn1C. The summed E-state index contributed by atoms with van der Waals surface area (Å²) in [6.45, 7) is 6.03. The number of amides is 1. The molecule has 2 fully saturated rings. The largest absolute Gasteiger partial charge is 0.379 e. The van der Waals surface area contributed by atoms with Crippen LogP contribution >= 0.6 is 0 Å². The molecule has 2 aliphatic rings. The Balaban J connectivity index is 1.59. The van der Waals surface area contributed by atoms with Gasteiger partial charge in [0.2, 0.25) is 0 Å². The maximum Gasteiger partial charge on any atom is 0.273 e. The summed E-state index contributed by atoms with van der Waals surface area (Å²) in [6, 6.07) is 0. The minimum absolute atomic E-state index is 0.130. The van der Waals surface area contributed by atoms with E-state index in [-0.39, 0.29) is 11.4 Å². The van der Waals surface area contributed by atoms with E-state index in [1.165, 1.54) is 0 Å². The zero-order chi connectivity index (χ0) is 14.2. The number of rotatable bonds is 4. The van der Waals surface area contributed by atoms with Crippen LogP contribution in [0, 0.1) is 6.92 Å². The highest BCUT2D eigenvalue weighted by Crippen LogP contribution is 2.41. The number of morpholine rings is 1. The van der Waals surface area contributed by atoms with Gasteiger partial charge < -0.3 is 10.1 Å². The summed E-state index contributed by atoms with van der Waals surface area (Å²) in [6.07, 6.45) is 2.29. The zero-order valence-corrected chi connectivity index (χ0v) is 12.1. The number of ether oxygens (including phenoxy) is 1. The van der Waals surface area contributed by atoms with Gasteiger partial charge in [0.05, 0.1) is 18.9 Å². The average molecular weight is 279 g/mol. The van der Waals surface area contributed by atoms with E-state index < -0.39 is 0 Å². The fourth-order valence-corrected chi connectivity index (χ4v) is 2.73. The molecule has 1 aromatic heterocycles. The third-order valence-electron chi connectivity index (χ3n) is 4.41. The van der Waals surface area contributed by atoms with E-state index >= 15 is 0 Å². The molecule has 0 unspecified atom stereocenters. The van der Waals surface area contributed by atoms with E-state index in [9.17, 15) is 4.79 Å². The Kier molecular flexibility index (Phi) is 3.47. The highest BCUT2D eigenvalue weighted by atomic mass is 16.5. The molecule has 7 nitrogen and oxygen atoms in total. The Labute approximate surface area is 118 Å². The summed E-state index contributed by atoms with van der Waals surface area (Å²) in [7, 11) is 1.79. The fourth-order valence-electron chi connectivity index (χ4n) is 2.73. The molecule has 110 valence electrons. The molecule has 2 heterocycles. The van der Waals surface area contributed by atoms with Gasteiger partial charge >= 0.3 is 0 Å². The molecule has 1 aromatic rings. The molecule has 0 radical (unpaired) electrons. The van der Waals surface area contributed by atoms with Crippen LogP contribution in [0.4, 0.5) is 0 Å². The second kappa shape index (κ2) is 5.14. The minimum Gasteiger partial charge on any atom is -0.379 e. The lowest BCUT2D eigenvalue weighted by molar-refractivity contribution is 0.00975. The van der Waals surface area contributed by atoms with Gasteiger partial charge in [0, 0.05) is 32.2 Å². The summed E-state index contributed by atoms with van der Waals surface area (Å²) in [5.74, 6) is -0.130. The number of hydrogen-bond acceptors (Lipinski definition) is 5. The van der Waals surface area contributed by atoms with Crippen LogP contribution in [-0.4, -0.2) is 64.2 Å². The first kappa shape index (κ1) is 13.5. The molecular weight excluding hydrogens is 258 g/mol. The number of nitrogens with one attached hydrogen (secondary N) is 1. The number of aryl methyl sites for hydroxylation is 1. The molecule has 1 aliphatic heterocycles. The van der Waals surface area contributed by atoms with Crippen molar-refractivity contribution in [3.05, 3.63) is 11.4 Å². The summed E-state index contributed by atoms with van der Waals surface area (Å²) in [4.78, 5) is 14.6. The van der Waals surface area contributed by atoms with E-state index in [2.05, 4.69) is 20.5 Å². The van der Waals surface area contributed by atoms with Crippen molar-refractivity contribution in [1.82, 2.24) is 25.2 Å². The fraction of sp³-hybridized carbons (Fsp3) is 0.769. The van der Waals surface area contributed by atoms with Gasteiger partial charge in [-0.1, -0.05) is 5.21 Å². The number of carbonyl (C=O) groups is 1. The van der Waals surface area contributed by atoms with Crippen molar-refractivity contribution in [1.29, 1.82) is 0 Å². The Hall–Kier alpha value is -1.47. The number of aromatic nitrogens is 3. The highest BCUT2D eigenvalue weighted by Gasteiger charge is 2.48. The molecule has 1 amide bonds. The van der Waals surface area contributed by atoms with E-state index in [0.29, 0.717) is 12.2 Å². The van der Waals surface area contributed by atoms with Gasteiger partial charge in [0.1, 0.15) is 0 Å². The lowest BCUT2D eigenvalue weighted by atomic mass is 10.2. The van der Waals surface area contributed by atoms with Gasteiger partial charge in [-0.3, -0.25) is 14.4 Å². The van der Waals surface area contributed by atoms with Crippen LogP contribution < -0.4 is 5.32 Å². The van der Waals surface area contributed by atoms with Crippen LogP contribution in [0.15, 0.2) is 0 Å². The van der Waals surface area contributed by atoms with Gasteiger partial charge in [-0.05, 0) is 19.8 Å². The van der Waals surface area contributed by atoms with Crippen molar-refractivity contribution in [2.45, 2.75) is 25.3 Å². The van der Waals surface area contributed by atoms with E-state index in [4.69, 9.17) is 4.74 Å². The first-order valence-electron chi connectivity index (χ1n) is 7.10. The van der Waals surface area contributed by atoms with Crippen molar-refractivity contribution < 1.29 is 9.53 Å². The smallest absolute Gasteiger partial charge is 0.273 e. The molecule has 1 saturated carbocycles. The quantitative estimate of drug-likeness (QED) is 0.820. The van der Waals surface area contributed by atoms with Gasteiger partial charge in [-0.25, -0.2) is 0 Å². The third kappa shape index (κ3) is 2.43. The molecule has 1 saturated heterocycles. The molecule has 1 N–H and O–H groups in total. The predicted molar refractivity (Wildman–Crippen MR) is 72.4 cm³/mol. The Morgan fingerprint density at radius 3 is 2.65 bits per heavy atom. The highest BCUT2D eigenvalue weighted by molar-refractivity contribution is 5.93. The maximum atomic E-state index is 12.2. The van der Waals surface area contributed by atoms with Gasteiger partial charge in [0.15, 0.2) is 5.69 Å². The second-order valence-electron chi connectivity index (χ2n) is 5.65. The summed E-state index contributed by atoms with van der Waals surface area (Å²) in [5.41, 5.74) is 1.36. The number of nitrogens with zero attached hydrogens (tertiary/aromatic N) is 4. The Bertz CT molecular complexity index is 503. The molecule has 0 atom stereocenters. The topological polar surface area (TPSA) is 72.3 Å². The van der Waals surface area contributed by atoms with Crippen LogP contribution in [0.25, 0.3) is 0 Å². The zero-order valence-electron chi connectivity index (χ0n) is 12.1. The van der Waals surface area contributed by atoms with Gasteiger partial charge in [-0.2, -0.15) is 0 Å². The predicted octanol–water partition coefficient (Wildman–Crippen LogP) is -0.282. The molecule has 7 heteroatoms. The summed E-state index contributed by atoms with van der Waals surface area (Å²) >= 11 is 0. The minimum atomic E-state index is -0.130. The van der Waals surface area contributed by atoms with Crippen LogP contribution in [0.1, 0.15) is 29.0 Å². The molecular formula is C13H21N5O2. The first-order chi connectivity index (χ1) is 9.62. The molecule has 0 bridgehead atoms. The lowest BCUT2D eigenvalue weighted by Gasteiger charge is -2.34. The first-order valence-corrected chi connectivity index (χ1v) is 7.10. The van der Waals surface area contributed by atoms with E-state index in [1.54, 1.807) is 11.7 Å². The Morgan fingerprint density at radius 1 is 1.40 bits per heavy atom. The van der Waals surface area contributed by atoms with Gasteiger partial charge in [0.25, 0.3) is 5.91 Å². The monoisotopic (exact) mass is 279 g/mol. The molecule has 20 heavy (non-hydrogen) atoms. The summed E-state index contributed by atoms with van der Waals surface area (Å²) < 4.78 is 7.00. The van der Waals surface area contributed by atoms with Crippen molar-refractivity contribution in [3.63, 3.8) is 0 Å². The van der Waals surface area contributed by atoms with Crippen molar-refractivity contribution in [2.75, 3.05) is 32.8 Å². The van der Waals surface area contributed by atoms with Crippen molar-refractivity contribution in [3.8, 4) is 0 Å². The van der Waals surface area contributed by atoms with E-state index in [1.807, 2.05) is 6.92 Å².